The number of nitriles is 1. The molecule has 1 amide bonds. The van der Waals surface area contributed by atoms with Crippen LogP contribution in [0.2, 0.25) is 5.02 Å². The number of ether oxygens (including phenoxy) is 2. The summed E-state index contributed by atoms with van der Waals surface area (Å²) in [5.74, 6) is 0.426. The topological polar surface area (TPSA) is 71.3 Å². The molecule has 128 valence electrons. The number of amides is 1. The number of nitrogens with one attached hydrogen (secondary N) is 1. The van der Waals surface area contributed by atoms with Crippen molar-refractivity contribution >= 4 is 29.3 Å². The maximum atomic E-state index is 12.4. The number of para-hydroxylation sites is 1. The molecule has 0 saturated carbocycles. The maximum absolute atomic E-state index is 12.4. The van der Waals surface area contributed by atoms with Crippen LogP contribution in [-0.2, 0) is 4.79 Å². The Balaban J connectivity index is 2.33. The van der Waals surface area contributed by atoms with Crippen LogP contribution in [0.5, 0.6) is 11.5 Å². The summed E-state index contributed by atoms with van der Waals surface area (Å²) in [6, 6.07) is 12.3. The van der Waals surface area contributed by atoms with Crippen LogP contribution in [0.25, 0.3) is 6.08 Å². The summed E-state index contributed by atoms with van der Waals surface area (Å²) in [6.45, 7) is 1.86. The number of anilines is 1. The summed E-state index contributed by atoms with van der Waals surface area (Å²) >= 11 is 6.05. The van der Waals surface area contributed by atoms with Gasteiger partial charge in [-0.15, -0.1) is 0 Å². The smallest absolute Gasteiger partial charge is 0.266 e. The number of carbonyl (C=O) groups is 1. The van der Waals surface area contributed by atoms with Gasteiger partial charge >= 0.3 is 0 Å². The molecule has 25 heavy (non-hydrogen) atoms. The fraction of sp³-hybridized carbons (Fsp3) is 0.158. The molecule has 2 aromatic carbocycles. The lowest BCUT2D eigenvalue weighted by molar-refractivity contribution is -0.112. The molecule has 0 unspecified atom stereocenters. The molecule has 0 aromatic heterocycles. The molecule has 2 aromatic rings. The molecule has 0 saturated heterocycles. The zero-order chi connectivity index (χ0) is 18.4. The predicted octanol–water partition coefficient (Wildman–Crippen LogP) is 4.21. The molecular weight excluding hydrogens is 340 g/mol. The Labute approximate surface area is 151 Å². The summed E-state index contributed by atoms with van der Waals surface area (Å²) in [7, 11) is 3.01. The first kappa shape index (κ1) is 18.4. The van der Waals surface area contributed by atoms with Gasteiger partial charge in [-0.2, -0.15) is 5.26 Å². The van der Waals surface area contributed by atoms with Gasteiger partial charge < -0.3 is 14.8 Å². The van der Waals surface area contributed by atoms with Crippen molar-refractivity contribution in [3.05, 3.63) is 58.1 Å². The second kappa shape index (κ2) is 8.22. The quantitative estimate of drug-likeness (QED) is 0.643. The van der Waals surface area contributed by atoms with E-state index < -0.39 is 5.91 Å². The second-order valence-electron chi connectivity index (χ2n) is 5.17. The Morgan fingerprint density at radius 3 is 2.60 bits per heavy atom. The van der Waals surface area contributed by atoms with Gasteiger partial charge in [-0.05, 0) is 36.8 Å². The van der Waals surface area contributed by atoms with Gasteiger partial charge in [-0.1, -0.05) is 29.8 Å². The lowest BCUT2D eigenvalue weighted by Gasteiger charge is -2.10. The molecule has 0 spiro atoms. The van der Waals surface area contributed by atoms with Crippen molar-refractivity contribution in [1.82, 2.24) is 0 Å². The fourth-order valence-corrected chi connectivity index (χ4v) is 2.38. The van der Waals surface area contributed by atoms with Gasteiger partial charge in [-0.25, -0.2) is 0 Å². The average Bonchev–Trinajstić information content (AvgIpc) is 2.62. The second-order valence-corrected chi connectivity index (χ2v) is 5.58. The summed E-state index contributed by atoms with van der Waals surface area (Å²) in [5, 5.41) is 12.5. The van der Waals surface area contributed by atoms with Crippen molar-refractivity contribution in [3.8, 4) is 17.6 Å². The van der Waals surface area contributed by atoms with E-state index in [2.05, 4.69) is 5.32 Å². The van der Waals surface area contributed by atoms with E-state index in [0.717, 1.165) is 5.56 Å². The van der Waals surface area contributed by atoms with Crippen molar-refractivity contribution in [1.29, 1.82) is 5.26 Å². The first-order valence-corrected chi connectivity index (χ1v) is 7.78. The van der Waals surface area contributed by atoms with E-state index >= 15 is 0 Å². The van der Waals surface area contributed by atoms with E-state index in [1.165, 1.54) is 20.3 Å². The van der Waals surface area contributed by atoms with Crippen LogP contribution >= 0.6 is 11.6 Å². The molecule has 2 rings (SSSR count). The number of rotatable bonds is 5. The monoisotopic (exact) mass is 356 g/mol. The standard InChI is InChI=1S/C19H17ClN2O3/c1-12-7-8-15(10-16(12)20)22-19(23)14(11-21)9-13-5-4-6-17(24-2)18(13)25-3/h4-10H,1-3H3,(H,22,23)/b14-9+. The molecule has 0 fully saturated rings. The maximum Gasteiger partial charge on any atom is 0.266 e. The minimum absolute atomic E-state index is 0.0664. The lowest BCUT2D eigenvalue weighted by Crippen LogP contribution is -2.13. The Hall–Kier alpha value is -2.97. The largest absolute Gasteiger partial charge is 0.493 e. The zero-order valence-electron chi connectivity index (χ0n) is 14.1. The molecule has 6 heteroatoms. The number of methoxy groups -OCH3 is 2. The van der Waals surface area contributed by atoms with Gasteiger partial charge in [-0.3, -0.25) is 4.79 Å². The van der Waals surface area contributed by atoms with Gasteiger partial charge in [0.1, 0.15) is 11.6 Å². The molecule has 0 heterocycles. The first-order valence-electron chi connectivity index (χ1n) is 7.40. The number of benzene rings is 2. The third-order valence-electron chi connectivity index (χ3n) is 3.53. The minimum atomic E-state index is -0.535. The molecule has 1 N–H and O–H groups in total. The van der Waals surface area contributed by atoms with Crippen LogP contribution in [-0.4, -0.2) is 20.1 Å². The van der Waals surface area contributed by atoms with Crippen LogP contribution in [0.15, 0.2) is 42.0 Å². The number of aryl methyl sites for hydroxylation is 1. The Bertz CT molecular complexity index is 869. The van der Waals surface area contributed by atoms with Gasteiger partial charge in [0.05, 0.1) is 14.2 Å². The van der Waals surface area contributed by atoms with Gasteiger partial charge in [0, 0.05) is 16.3 Å². The van der Waals surface area contributed by atoms with Crippen LogP contribution in [0.4, 0.5) is 5.69 Å². The Kier molecular flexibility index (Phi) is 6.04. The third kappa shape index (κ3) is 4.31. The van der Waals surface area contributed by atoms with Crippen molar-refractivity contribution < 1.29 is 14.3 Å². The van der Waals surface area contributed by atoms with E-state index in [1.54, 1.807) is 36.4 Å². The van der Waals surface area contributed by atoms with E-state index in [1.807, 2.05) is 13.0 Å². The summed E-state index contributed by atoms with van der Waals surface area (Å²) in [4.78, 5) is 12.4. The summed E-state index contributed by atoms with van der Waals surface area (Å²) in [6.07, 6.45) is 1.45. The Morgan fingerprint density at radius 1 is 1.24 bits per heavy atom. The van der Waals surface area contributed by atoms with E-state index in [0.29, 0.717) is 27.8 Å². The van der Waals surface area contributed by atoms with Gasteiger partial charge in [0.25, 0.3) is 5.91 Å². The molecule has 0 aliphatic carbocycles. The normalized spacial score (nSPS) is 10.8. The predicted molar refractivity (Wildman–Crippen MR) is 98.0 cm³/mol. The highest BCUT2D eigenvalue weighted by atomic mass is 35.5. The number of hydrogen-bond acceptors (Lipinski definition) is 4. The lowest BCUT2D eigenvalue weighted by atomic mass is 10.1. The minimum Gasteiger partial charge on any atom is -0.493 e. The van der Waals surface area contributed by atoms with E-state index in [4.69, 9.17) is 21.1 Å². The van der Waals surface area contributed by atoms with Crippen LogP contribution in [0.1, 0.15) is 11.1 Å². The molecule has 0 aliphatic heterocycles. The van der Waals surface area contributed by atoms with Crippen molar-refractivity contribution in [2.24, 2.45) is 0 Å². The molecule has 0 aliphatic rings. The van der Waals surface area contributed by atoms with Crippen LogP contribution < -0.4 is 14.8 Å². The van der Waals surface area contributed by atoms with Crippen molar-refractivity contribution in [3.63, 3.8) is 0 Å². The number of carbonyl (C=O) groups excluding carboxylic acids is 1. The average molecular weight is 357 g/mol. The molecule has 0 atom stereocenters. The highest BCUT2D eigenvalue weighted by Crippen LogP contribution is 2.32. The molecule has 0 bridgehead atoms. The van der Waals surface area contributed by atoms with Crippen molar-refractivity contribution in [2.45, 2.75) is 6.92 Å². The third-order valence-corrected chi connectivity index (χ3v) is 3.94. The molecule has 5 nitrogen and oxygen atoms in total. The molecule has 0 radical (unpaired) electrons. The van der Waals surface area contributed by atoms with Crippen LogP contribution in [0.3, 0.4) is 0 Å². The highest BCUT2D eigenvalue weighted by molar-refractivity contribution is 6.31. The first-order chi connectivity index (χ1) is 12.0. The summed E-state index contributed by atoms with van der Waals surface area (Å²) in [5.41, 5.74) is 1.91. The number of halogens is 1. The Morgan fingerprint density at radius 2 is 2.00 bits per heavy atom. The number of hydrogen-bond donors (Lipinski definition) is 1. The van der Waals surface area contributed by atoms with Gasteiger partial charge in [0.2, 0.25) is 0 Å². The zero-order valence-corrected chi connectivity index (χ0v) is 14.8. The molecular formula is C19H17ClN2O3. The summed E-state index contributed by atoms with van der Waals surface area (Å²) < 4.78 is 10.5. The number of nitrogens with zero attached hydrogens (tertiary/aromatic N) is 1. The van der Waals surface area contributed by atoms with E-state index in [9.17, 15) is 10.1 Å². The SMILES string of the molecule is COc1cccc(/C=C(\C#N)C(=O)Nc2ccc(C)c(Cl)c2)c1OC. The van der Waals surface area contributed by atoms with Crippen molar-refractivity contribution in [2.75, 3.05) is 19.5 Å². The van der Waals surface area contributed by atoms with Gasteiger partial charge in [0.15, 0.2) is 11.5 Å². The highest BCUT2D eigenvalue weighted by Gasteiger charge is 2.13. The van der Waals surface area contributed by atoms with E-state index in [-0.39, 0.29) is 5.57 Å². The van der Waals surface area contributed by atoms with Crippen LogP contribution in [0, 0.1) is 18.3 Å². The fourth-order valence-electron chi connectivity index (χ4n) is 2.20.